The van der Waals surface area contributed by atoms with Crippen molar-refractivity contribution in [1.29, 1.82) is 0 Å². The molecule has 0 N–H and O–H groups in total. The van der Waals surface area contributed by atoms with Gasteiger partial charge in [-0.05, 0) is 77.0 Å². The minimum absolute atomic E-state index is 0.103. The van der Waals surface area contributed by atoms with Crippen LogP contribution in [0.5, 0.6) is 0 Å². The predicted molar refractivity (Wildman–Crippen MR) is 261 cm³/mol. The highest BCUT2D eigenvalue weighted by atomic mass is 16.6. The lowest BCUT2D eigenvalue weighted by Crippen LogP contribution is -2.30. The number of rotatable bonds is 44. The van der Waals surface area contributed by atoms with Gasteiger partial charge < -0.3 is 14.2 Å². The van der Waals surface area contributed by atoms with Crippen LogP contribution in [0.15, 0.2) is 85.1 Å². The first-order valence-electron chi connectivity index (χ1n) is 25.1. The molecule has 0 bridgehead atoms. The second-order valence-corrected chi connectivity index (χ2v) is 16.4. The van der Waals surface area contributed by atoms with Gasteiger partial charge in [-0.2, -0.15) is 0 Å². The first-order valence-corrected chi connectivity index (χ1v) is 25.1. The van der Waals surface area contributed by atoms with E-state index >= 15 is 0 Å². The van der Waals surface area contributed by atoms with Gasteiger partial charge in [-0.15, -0.1) is 0 Å². The third-order valence-corrected chi connectivity index (χ3v) is 10.4. The molecule has 0 aliphatic carbocycles. The van der Waals surface area contributed by atoms with E-state index in [9.17, 15) is 14.4 Å². The van der Waals surface area contributed by atoms with Crippen LogP contribution in [0.4, 0.5) is 0 Å². The van der Waals surface area contributed by atoms with Crippen LogP contribution < -0.4 is 0 Å². The van der Waals surface area contributed by atoms with E-state index in [2.05, 4.69) is 93.7 Å². The van der Waals surface area contributed by atoms with Crippen LogP contribution in [-0.4, -0.2) is 37.2 Å². The molecule has 61 heavy (non-hydrogen) atoms. The van der Waals surface area contributed by atoms with Crippen LogP contribution in [-0.2, 0) is 28.6 Å². The average Bonchev–Trinajstić information content (AvgIpc) is 3.26. The molecule has 0 spiro atoms. The third-order valence-electron chi connectivity index (χ3n) is 10.4. The molecule has 0 aromatic rings. The summed E-state index contributed by atoms with van der Waals surface area (Å²) in [6.45, 7) is 6.41. The van der Waals surface area contributed by atoms with Gasteiger partial charge in [0, 0.05) is 19.3 Å². The maximum atomic E-state index is 12.8. The van der Waals surface area contributed by atoms with Crippen molar-refractivity contribution in [2.45, 2.75) is 232 Å². The minimum atomic E-state index is -0.810. The largest absolute Gasteiger partial charge is 0.462 e. The zero-order valence-electron chi connectivity index (χ0n) is 39.7. The summed E-state index contributed by atoms with van der Waals surface area (Å²) < 4.78 is 16.7. The number of hydrogen-bond acceptors (Lipinski definition) is 6. The Balaban J connectivity index is 4.51. The fourth-order valence-corrected chi connectivity index (χ4v) is 6.66. The van der Waals surface area contributed by atoms with Crippen molar-refractivity contribution >= 4 is 17.9 Å². The molecule has 0 fully saturated rings. The molecule has 0 aromatic carbocycles. The molecule has 0 aliphatic heterocycles. The van der Waals surface area contributed by atoms with E-state index in [0.29, 0.717) is 19.3 Å². The Morgan fingerprint density at radius 2 is 0.721 bits per heavy atom. The van der Waals surface area contributed by atoms with Gasteiger partial charge in [-0.1, -0.05) is 215 Å². The summed E-state index contributed by atoms with van der Waals surface area (Å²) >= 11 is 0. The second kappa shape index (κ2) is 49.2. The van der Waals surface area contributed by atoms with E-state index < -0.39 is 6.10 Å². The van der Waals surface area contributed by atoms with Crippen LogP contribution in [0.1, 0.15) is 226 Å². The van der Waals surface area contributed by atoms with Gasteiger partial charge in [0.05, 0.1) is 0 Å². The van der Waals surface area contributed by atoms with E-state index in [1.807, 2.05) is 12.2 Å². The Morgan fingerprint density at radius 1 is 0.361 bits per heavy atom. The van der Waals surface area contributed by atoms with E-state index in [1.54, 1.807) is 0 Å². The number of hydrogen-bond donors (Lipinski definition) is 0. The van der Waals surface area contributed by atoms with Gasteiger partial charge in [0.2, 0.25) is 0 Å². The van der Waals surface area contributed by atoms with Crippen LogP contribution in [0.3, 0.4) is 0 Å². The summed E-state index contributed by atoms with van der Waals surface area (Å²) in [4.78, 5) is 37.9. The number of allylic oxidation sites excluding steroid dienone is 14. The molecule has 6 heteroatoms. The average molecular weight is 849 g/mol. The maximum absolute atomic E-state index is 12.8. The molecule has 0 aromatic heterocycles. The van der Waals surface area contributed by atoms with E-state index in [1.165, 1.54) is 96.3 Å². The Morgan fingerprint density at radius 3 is 1.20 bits per heavy atom. The summed E-state index contributed by atoms with van der Waals surface area (Å²) in [5, 5.41) is 0. The molecular weight excluding hydrogens is 757 g/mol. The first-order chi connectivity index (χ1) is 30.0. The van der Waals surface area contributed by atoms with Gasteiger partial charge in [-0.25, -0.2) is 0 Å². The van der Waals surface area contributed by atoms with Crippen molar-refractivity contribution < 1.29 is 28.6 Å². The van der Waals surface area contributed by atoms with Crippen molar-refractivity contribution in [2.24, 2.45) is 0 Å². The van der Waals surface area contributed by atoms with Crippen LogP contribution in [0, 0.1) is 0 Å². The molecule has 0 rings (SSSR count). The molecule has 0 saturated heterocycles. The zero-order valence-corrected chi connectivity index (χ0v) is 39.7. The standard InChI is InChI=1S/C55H92O6/c1-4-7-10-13-16-19-22-25-27-29-30-33-36-39-42-45-48-54(57)60-51-52(50-59-53(56)47-44-41-38-35-32-24-21-18-15-12-9-6-3)61-55(58)49-46-43-40-37-34-31-28-26-23-20-17-14-11-8-5-2/h7,10,16-17,19-20,23,25-27,30,33,39,42,52H,4-6,8-9,11-15,18,21-22,24,28-29,31-32,34-38,40-41,43-51H2,1-3H3/b10-7-,19-16-,20-17-,26-23-,27-25-,33-30-,42-39-. The number of ether oxygens (including phenoxy) is 3. The highest BCUT2D eigenvalue weighted by Gasteiger charge is 2.19. The van der Waals surface area contributed by atoms with Crippen molar-refractivity contribution in [3.63, 3.8) is 0 Å². The summed E-state index contributed by atoms with van der Waals surface area (Å²) in [6, 6.07) is 0. The highest BCUT2D eigenvalue weighted by Crippen LogP contribution is 2.14. The maximum Gasteiger partial charge on any atom is 0.306 e. The molecule has 0 amide bonds. The number of carbonyl (C=O) groups is 3. The molecule has 6 nitrogen and oxygen atoms in total. The Bertz CT molecular complexity index is 1200. The van der Waals surface area contributed by atoms with Crippen molar-refractivity contribution in [3.8, 4) is 0 Å². The van der Waals surface area contributed by atoms with Gasteiger partial charge in [0.25, 0.3) is 0 Å². The fraction of sp³-hybridized carbons (Fsp3) is 0.691. The van der Waals surface area contributed by atoms with Crippen molar-refractivity contribution in [1.82, 2.24) is 0 Å². The first kappa shape index (κ1) is 57.6. The summed E-state index contributed by atoms with van der Waals surface area (Å²) in [6.07, 6.45) is 62.9. The lowest BCUT2D eigenvalue weighted by atomic mass is 10.0. The molecule has 0 aliphatic rings. The zero-order chi connectivity index (χ0) is 44.4. The Labute approximate surface area is 375 Å². The summed E-state index contributed by atoms with van der Waals surface area (Å²) in [5.41, 5.74) is 0. The molecular formula is C55H92O6. The summed E-state index contributed by atoms with van der Waals surface area (Å²) in [5.74, 6) is -1.00. The van der Waals surface area contributed by atoms with Gasteiger partial charge in [0.15, 0.2) is 6.10 Å². The third kappa shape index (κ3) is 47.5. The molecule has 348 valence electrons. The number of esters is 3. The topological polar surface area (TPSA) is 78.9 Å². The van der Waals surface area contributed by atoms with Crippen molar-refractivity contribution in [2.75, 3.05) is 13.2 Å². The minimum Gasteiger partial charge on any atom is -0.462 e. The summed E-state index contributed by atoms with van der Waals surface area (Å²) in [7, 11) is 0. The van der Waals surface area contributed by atoms with Crippen LogP contribution in [0.2, 0.25) is 0 Å². The van der Waals surface area contributed by atoms with Crippen LogP contribution >= 0.6 is 0 Å². The number of unbranched alkanes of at least 4 members (excludes halogenated alkanes) is 20. The van der Waals surface area contributed by atoms with Gasteiger partial charge in [0.1, 0.15) is 13.2 Å². The smallest absolute Gasteiger partial charge is 0.306 e. The SMILES string of the molecule is CC/C=C\C/C=C\C/C=C\C/C=C\C/C=C\CCC(=O)OCC(COC(=O)CCCCCCCCCCCCCC)OC(=O)CCCCCCCC/C=C\C=C/CCCCC. The Kier molecular flexibility index (Phi) is 46.5. The molecule has 1 unspecified atom stereocenters. The van der Waals surface area contributed by atoms with Gasteiger partial charge in [-0.3, -0.25) is 14.4 Å². The van der Waals surface area contributed by atoms with E-state index in [0.717, 1.165) is 83.5 Å². The lowest BCUT2D eigenvalue weighted by Gasteiger charge is -2.18. The highest BCUT2D eigenvalue weighted by molar-refractivity contribution is 5.71. The second-order valence-electron chi connectivity index (χ2n) is 16.4. The van der Waals surface area contributed by atoms with E-state index in [4.69, 9.17) is 14.2 Å². The molecule has 0 heterocycles. The van der Waals surface area contributed by atoms with Crippen molar-refractivity contribution in [3.05, 3.63) is 85.1 Å². The lowest BCUT2D eigenvalue weighted by molar-refractivity contribution is -0.166. The predicted octanol–water partition coefficient (Wildman–Crippen LogP) is 16.4. The monoisotopic (exact) mass is 849 g/mol. The molecule has 0 radical (unpaired) electrons. The fourth-order valence-electron chi connectivity index (χ4n) is 6.66. The normalized spacial score (nSPS) is 12.8. The van der Waals surface area contributed by atoms with Gasteiger partial charge >= 0.3 is 17.9 Å². The van der Waals surface area contributed by atoms with Crippen LogP contribution in [0.25, 0.3) is 0 Å². The quantitative estimate of drug-likeness (QED) is 0.0200. The molecule has 0 saturated carbocycles. The molecule has 1 atom stereocenters. The number of carbonyl (C=O) groups excluding carboxylic acids is 3. The Hall–Kier alpha value is -3.41. The van der Waals surface area contributed by atoms with E-state index in [-0.39, 0.29) is 37.5 Å².